The Labute approximate surface area is 165 Å². The zero-order valence-corrected chi connectivity index (χ0v) is 17.4. The van der Waals surface area contributed by atoms with Crippen molar-refractivity contribution >= 4 is 37.6 Å². The highest BCUT2D eigenvalue weighted by molar-refractivity contribution is 7.26. The molecule has 1 N–H and O–H groups in total. The number of pyridine rings is 1. The summed E-state index contributed by atoms with van der Waals surface area (Å²) in [7, 11) is 0. The van der Waals surface area contributed by atoms with E-state index in [1.165, 1.54) is 84.7 Å². The van der Waals surface area contributed by atoms with Gasteiger partial charge in [-0.05, 0) is 56.1 Å². The number of thiophene rings is 1. The predicted molar refractivity (Wildman–Crippen MR) is 116 cm³/mol. The van der Waals surface area contributed by atoms with Gasteiger partial charge in [0.1, 0.15) is 17.0 Å². The first kappa shape index (κ1) is 18.6. The molecule has 3 heterocycles. The summed E-state index contributed by atoms with van der Waals surface area (Å²) < 4.78 is 1.18. The minimum absolute atomic E-state index is 0.974. The first-order chi connectivity index (χ1) is 13.3. The van der Waals surface area contributed by atoms with Crippen molar-refractivity contribution in [3.63, 3.8) is 0 Å². The maximum absolute atomic E-state index is 5.14. The number of hydrogen-bond donors (Lipinski definition) is 1. The molecule has 0 bridgehead atoms. The summed E-state index contributed by atoms with van der Waals surface area (Å²) in [5.74, 6) is 0.985. The summed E-state index contributed by atoms with van der Waals surface area (Å²) >= 11 is 1.77. The Morgan fingerprint density at radius 3 is 2.63 bits per heavy atom. The average Bonchev–Trinajstić information content (AvgIpc) is 3.08. The molecule has 0 radical (unpaired) electrons. The van der Waals surface area contributed by atoms with Crippen molar-refractivity contribution in [2.24, 2.45) is 0 Å². The summed E-state index contributed by atoms with van der Waals surface area (Å²) in [6.45, 7) is 5.47. The molecule has 1 aliphatic rings. The third-order valence-electron chi connectivity index (χ3n) is 5.65. The Kier molecular flexibility index (Phi) is 5.86. The minimum Gasteiger partial charge on any atom is -0.369 e. The normalized spacial score (nSPS) is 14.0. The molecule has 0 aliphatic heterocycles. The van der Waals surface area contributed by atoms with E-state index in [2.05, 4.69) is 24.1 Å². The highest BCUT2D eigenvalue weighted by atomic mass is 32.1. The molecule has 0 fully saturated rings. The van der Waals surface area contributed by atoms with Crippen LogP contribution in [0.4, 0.5) is 5.82 Å². The fourth-order valence-electron chi connectivity index (χ4n) is 4.20. The zero-order valence-electron chi connectivity index (χ0n) is 16.6. The molecule has 0 saturated carbocycles. The van der Waals surface area contributed by atoms with Crippen molar-refractivity contribution in [3.8, 4) is 0 Å². The first-order valence-electron chi connectivity index (χ1n) is 10.6. The third kappa shape index (κ3) is 3.66. The SMILES string of the molecule is CCCCCNc1ncnc2c1sc1nc(CCCC)c3c(c12)CCCC3. The van der Waals surface area contributed by atoms with Gasteiger partial charge in [0.25, 0.3) is 0 Å². The molecule has 0 unspecified atom stereocenters. The van der Waals surface area contributed by atoms with E-state index in [0.717, 1.165) is 29.1 Å². The minimum atomic E-state index is 0.974. The Bertz CT molecular complexity index is 931. The second kappa shape index (κ2) is 8.51. The van der Waals surface area contributed by atoms with Crippen molar-refractivity contribution in [1.82, 2.24) is 15.0 Å². The molecule has 0 amide bonds. The van der Waals surface area contributed by atoms with Crippen molar-refractivity contribution in [3.05, 3.63) is 23.1 Å². The molecule has 4 rings (SSSR count). The van der Waals surface area contributed by atoms with Crippen LogP contribution in [0.5, 0.6) is 0 Å². The van der Waals surface area contributed by atoms with Crippen molar-refractivity contribution in [2.45, 2.75) is 78.1 Å². The Hall–Kier alpha value is -1.75. The van der Waals surface area contributed by atoms with E-state index in [0.29, 0.717) is 0 Å². The van der Waals surface area contributed by atoms with E-state index >= 15 is 0 Å². The van der Waals surface area contributed by atoms with Crippen LogP contribution < -0.4 is 5.32 Å². The van der Waals surface area contributed by atoms with Crippen LogP contribution in [0, 0.1) is 0 Å². The van der Waals surface area contributed by atoms with Gasteiger partial charge in [0.15, 0.2) is 0 Å². The quantitative estimate of drug-likeness (QED) is 0.481. The smallest absolute Gasteiger partial charge is 0.147 e. The fourth-order valence-corrected chi connectivity index (χ4v) is 5.34. The summed E-state index contributed by atoms with van der Waals surface area (Å²) in [6.07, 6.45) is 13.9. The number of unbranched alkanes of at least 4 members (excludes halogenated alkanes) is 3. The standard InChI is InChI=1S/C22H30N4S/c1-3-5-9-13-23-21-20-19(24-14-25-21)18-16-11-8-7-10-15(16)17(12-6-4-2)26-22(18)27-20/h14H,3-13H2,1-2H3,(H,23,24,25). The van der Waals surface area contributed by atoms with Gasteiger partial charge >= 0.3 is 0 Å². The van der Waals surface area contributed by atoms with E-state index in [1.807, 2.05) is 0 Å². The largest absolute Gasteiger partial charge is 0.369 e. The predicted octanol–water partition coefficient (Wildman–Crippen LogP) is 6.06. The average molecular weight is 383 g/mol. The number of fused-ring (bicyclic) bond motifs is 5. The van der Waals surface area contributed by atoms with Crippen molar-refractivity contribution in [2.75, 3.05) is 11.9 Å². The van der Waals surface area contributed by atoms with E-state index in [1.54, 1.807) is 17.7 Å². The van der Waals surface area contributed by atoms with Crippen LogP contribution in [-0.2, 0) is 19.3 Å². The number of aromatic nitrogens is 3. The van der Waals surface area contributed by atoms with Gasteiger partial charge in [0, 0.05) is 17.6 Å². The Morgan fingerprint density at radius 2 is 1.81 bits per heavy atom. The fraction of sp³-hybridized carbons (Fsp3) is 0.591. The molecular formula is C22H30N4S. The maximum atomic E-state index is 5.14. The lowest BCUT2D eigenvalue weighted by Crippen LogP contribution is -2.09. The monoisotopic (exact) mass is 382 g/mol. The topological polar surface area (TPSA) is 50.7 Å². The maximum Gasteiger partial charge on any atom is 0.147 e. The third-order valence-corrected chi connectivity index (χ3v) is 6.73. The van der Waals surface area contributed by atoms with E-state index in [9.17, 15) is 0 Å². The Balaban J connectivity index is 1.80. The molecule has 5 heteroatoms. The van der Waals surface area contributed by atoms with Gasteiger partial charge < -0.3 is 5.32 Å². The molecule has 1 aliphatic carbocycles. The van der Waals surface area contributed by atoms with E-state index < -0.39 is 0 Å². The lowest BCUT2D eigenvalue weighted by atomic mass is 9.87. The number of nitrogens with one attached hydrogen (secondary N) is 1. The second-order valence-corrected chi connectivity index (χ2v) is 8.64. The molecule has 4 nitrogen and oxygen atoms in total. The molecule has 144 valence electrons. The summed E-state index contributed by atoms with van der Waals surface area (Å²) in [5.41, 5.74) is 5.50. The molecule has 0 saturated heterocycles. The van der Waals surface area contributed by atoms with Gasteiger partial charge in [-0.1, -0.05) is 33.1 Å². The number of rotatable bonds is 8. The number of anilines is 1. The van der Waals surface area contributed by atoms with Gasteiger partial charge in [-0.3, -0.25) is 0 Å². The molecular weight excluding hydrogens is 352 g/mol. The summed E-state index contributed by atoms with van der Waals surface area (Å²) in [5, 5.41) is 4.85. The number of nitrogens with zero attached hydrogens (tertiary/aromatic N) is 3. The molecule has 0 aromatic carbocycles. The van der Waals surface area contributed by atoms with Crippen LogP contribution in [0.25, 0.3) is 20.4 Å². The second-order valence-electron chi connectivity index (χ2n) is 7.64. The van der Waals surface area contributed by atoms with Gasteiger partial charge in [0.05, 0.1) is 10.2 Å². The molecule has 3 aromatic rings. The van der Waals surface area contributed by atoms with E-state index in [-0.39, 0.29) is 0 Å². The van der Waals surface area contributed by atoms with Crippen LogP contribution >= 0.6 is 11.3 Å². The van der Waals surface area contributed by atoms with Crippen LogP contribution in [0.3, 0.4) is 0 Å². The number of hydrogen-bond acceptors (Lipinski definition) is 5. The van der Waals surface area contributed by atoms with Gasteiger partial charge in [0.2, 0.25) is 0 Å². The lowest BCUT2D eigenvalue weighted by Gasteiger charge is -2.20. The highest BCUT2D eigenvalue weighted by Crippen LogP contribution is 2.40. The zero-order chi connectivity index (χ0) is 18.6. The number of aryl methyl sites for hydroxylation is 2. The van der Waals surface area contributed by atoms with Crippen LogP contribution in [0.1, 0.15) is 75.6 Å². The van der Waals surface area contributed by atoms with Gasteiger partial charge in [-0.25, -0.2) is 15.0 Å². The molecule has 3 aromatic heterocycles. The van der Waals surface area contributed by atoms with E-state index in [4.69, 9.17) is 9.97 Å². The van der Waals surface area contributed by atoms with Crippen LogP contribution in [0.2, 0.25) is 0 Å². The lowest BCUT2D eigenvalue weighted by molar-refractivity contribution is 0.670. The highest BCUT2D eigenvalue weighted by Gasteiger charge is 2.22. The molecule has 27 heavy (non-hydrogen) atoms. The molecule has 0 atom stereocenters. The van der Waals surface area contributed by atoms with Crippen LogP contribution in [0.15, 0.2) is 6.33 Å². The van der Waals surface area contributed by atoms with Gasteiger partial charge in [-0.15, -0.1) is 11.3 Å². The summed E-state index contributed by atoms with van der Waals surface area (Å²) in [6, 6.07) is 0. The van der Waals surface area contributed by atoms with Gasteiger partial charge in [-0.2, -0.15) is 0 Å². The van der Waals surface area contributed by atoms with Crippen molar-refractivity contribution < 1.29 is 0 Å². The molecule has 0 spiro atoms. The van der Waals surface area contributed by atoms with Crippen molar-refractivity contribution in [1.29, 1.82) is 0 Å². The first-order valence-corrected chi connectivity index (χ1v) is 11.5. The van der Waals surface area contributed by atoms with Crippen LogP contribution in [-0.4, -0.2) is 21.5 Å². The Morgan fingerprint density at radius 1 is 1.00 bits per heavy atom. The summed E-state index contributed by atoms with van der Waals surface area (Å²) in [4.78, 5) is 15.5.